The maximum absolute atomic E-state index is 11.8. The molecule has 2 rings (SSSR count). The molecule has 4 nitrogen and oxygen atoms in total. The van der Waals surface area contributed by atoms with Crippen molar-refractivity contribution in [3.8, 4) is 5.75 Å². The number of nitrogens with two attached hydrogens (primary N) is 1. The minimum absolute atomic E-state index is 0.0889. The summed E-state index contributed by atoms with van der Waals surface area (Å²) in [5.74, 6) is 0.339. The Hall–Kier alpha value is -1.56. The number of hydrogen-bond acceptors (Lipinski definition) is 3. The van der Waals surface area contributed by atoms with Crippen molar-refractivity contribution >= 4 is 39.1 Å². The van der Waals surface area contributed by atoms with Gasteiger partial charge in [-0.3, -0.25) is 4.79 Å². The highest BCUT2D eigenvalue weighted by atomic mass is 79.9. The summed E-state index contributed by atoms with van der Waals surface area (Å²) in [5.41, 5.74) is 7.07. The fraction of sp³-hybridized carbons (Fsp3) is 0.133. The van der Waals surface area contributed by atoms with Crippen molar-refractivity contribution in [2.75, 3.05) is 11.9 Å². The Kier molecular flexibility index (Phi) is 5.61. The summed E-state index contributed by atoms with van der Waals surface area (Å²) in [6.45, 7) is 0.386. The minimum atomic E-state index is -0.276. The molecule has 0 heterocycles. The Bertz CT molecular complexity index is 632. The molecule has 0 radical (unpaired) electrons. The molecule has 2 aromatic rings. The molecule has 21 heavy (non-hydrogen) atoms. The van der Waals surface area contributed by atoms with Crippen LogP contribution in [0.5, 0.6) is 5.75 Å². The summed E-state index contributed by atoms with van der Waals surface area (Å²) >= 11 is 9.33. The van der Waals surface area contributed by atoms with Gasteiger partial charge >= 0.3 is 0 Å². The van der Waals surface area contributed by atoms with Crippen molar-refractivity contribution in [3.05, 3.63) is 57.5 Å². The number of benzene rings is 2. The van der Waals surface area contributed by atoms with Crippen molar-refractivity contribution < 1.29 is 9.53 Å². The van der Waals surface area contributed by atoms with Crippen LogP contribution in [0.3, 0.4) is 0 Å². The lowest BCUT2D eigenvalue weighted by Crippen LogP contribution is -2.20. The minimum Gasteiger partial charge on any atom is -0.484 e. The largest absolute Gasteiger partial charge is 0.484 e. The smallest absolute Gasteiger partial charge is 0.262 e. The van der Waals surface area contributed by atoms with E-state index in [9.17, 15) is 4.79 Å². The molecule has 1 amide bonds. The second kappa shape index (κ2) is 7.45. The van der Waals surface area contributed by atoms with Crippen LogP contribution < -0.4 is 15.8 Å². The molecule has 0 aliphatic rings. The molecule has 110 valence electrons. The zero-order valence-corrected chi connectivity index (χ0v) is 13.4. The lowest BCUT2D eigenvalue weighted by atomic mass is 10.2. The molecule has 6 heteroatoms. The average molecular weight is 370 g/mol. The van der Waals surface area contributed by atoms with Gasteiger partial charge in [0.2, 0.25) is 0 Å². The van der Waals surface area contributed by atoms with Crippen LogP contribution in [0, 0.1) is 0 Å². The Morgan fingerprint density at radius 2 is 1.95 bits per heavy atom. The molecular formula is C15H14BrClN2O2. The number of amides is 1. The molecule has 0 aromatic heterocycles. The van der Waals surface area contributed by atoms with Gasteiger partial charge in [-0.25, -0.2) is 0 Å². The van der Waals surface area contributed by atoms with Gasteiger partial charge in [0.25, 0.3) is 5.91 Å². The first-order chi connectivity index (χ1) is 10.1. The van der Waals surface area contributed by atoms with Crippen LogP contribution in [0.2, 0.25) is 5.02 Å². The number of halogens is 2. The van der Waals surface area contributed by atoms with Crippen molar-refractivity contribution in [2.24, 2.45) is 5.73 Å². The van der Waals surface area contributed by atoms with Gasteiger partial charge in [0.05, 0.1) is 10.7 Å². The number of nitrogens with one attached hydrogen (secondary N) is 1. The van der Waals surface area contributed by atoms with Gasteiger partial charge in [-0.2, -0.15) is 0 Å². The Morgan fingerprint density at radius 1 is 1.24 bits per heavy atom. The van der Waals surface area contributed by atoms with E-state index < -0.39 is 0 Å². The number of carbonyl (C=O) groups excluding carboxylic acids is 1. The first-order valence-electron chi connectivity index (χ1n) is 6.25. The van der Waals surface area contributed by atoms with Crippen LogP contribution in [-0.2, 0) is 11.3 Å². The molecule has 0 saturated heterocycles. The molecular weight excluding hydrogens is 356 g/mol. The molecule has 0 aliphatic carbocycles. The molecule has 0 saturated carbocycles. The number of hydrogen-bond donors (Lipinski definition) is 2. The van der Waals surface area contributed by atoms with Crippen LogP contribution in [0.15, 0.2) is 46.9 Å². The Labute approximate surface area is 136 Å². The lowest BCUT2D eigenvalue weighted by Gasteiger charge is -2.09. The van der Waals surface area contributed by atoms with Crippen molar-refractivity contribution in [1.82, 2.24) is 0 Å². The predicted molar refractivity (Wildman–Crippen MR) is 87.6 cm³/mol. The molecule has 0 bridgehead atoms. The number of ether oxygens (including phenoxy) is 1. The quantitative estimate of drug-likeness (QED) is 0.846. The fourth-order valence-electron chi connectivity index (χ4n) is 1.65. The second-order valence-electron chi connectivity index (χ2n) is 4.31. The lowest BCUT2D eigenvalue weighted by molar-refractivity contribution is -0.118. The van der Waals surface area contributed by atoms with E-state index in [4.69, 9.17) is 22.1 Å². The van der Waals surface area contributed by atoms with E-state index >= 15 is 0 Å². The maximum atomic E-state index is 11.8. The van der Waals surface area contributed by atoms with E-state index in [0.29, 0.717) is 23.0 Å². The van der Waals surface area contributed by atoms with Gasteiger partial charge in [0.1, 0.15) is 5.75 Å². The number of anilines is 1. The highest BCUT2D eigenvalue weighted by Gasteiger charge is 2.07. The first kappa shape index (κ1) is 15.8. The highest BCUT2D eigenvalue weighted by molar-refractivity contribution is 9.10. The second-order valence-corrected chi connectivity index (χ2v) is 5.63. The Balaban J connectivity index is 1.89. The van der Waals surface area contributed by atoms with Crippen molar-refractivity contribution in [3.63, 3.8) is 0 Å². The van der Waals surface area contributed by atoms with E-state index in [1.807, 2.05) is 12.1 Å². The fourth-order valence-corrected chi connectivity index (χ4v) is 2.37. The molecule has 0 atom stereocenters. The summed E-state index contributed by atoms with van der Waals surface area (Å²) in [4.78, 5) is 11.8. The van der Waals surface area contributed by atoms with Gasteiger partial charge in [-0.05, 0) is 35.9 Å². The topological polar surface area (TPSA) is 64.3 Å². The van der Waals surface area contributed by atoms with Crippen LogP contribution in [-0.4, -0.2) is 12.5 Å². The summed E-state index contributed by atoms with van der Waals surface area (Å²) in [6, 6.07) is 12.5. The van der Waals surface area contributed by atoms with Crippen molar-refractivity contribution in [1.29, 1.82) is 0 Å². The summed E-state index contributed by atoms with van der Waals surface area (Å²) in [5, 5.41) is 3.16. The zero-order valence-electron chi connectivity index (χ0n) is 11.1. The van der Waals surface area contributed by atoms with Gasteiger partial charge in [-0.1, -0.05) is 39.7 Å². The van der Waals surface area contributed by atoms with Gasteiger partial charge in [-0.15, -0.1) is 0 Å². The third kappa shape index (κ3) is 4.74. The van der Waals surface area contributed by atoms with Crippen molar-refractivity contribution in [2.45, 2.75) is 6.54 Å². The number of carbonyl (C=O) groups is 1. The molecule has 0 unspecified atom stereocenters. The van der Waals surface area contributed by atoms with Gasteiger partial charge in [0.15, 0.2) is 6.61 Å². The van der Waals surface area contributed by atoms with Crippen LogP contribution in [0.1, 0.15) is 5.56 Å². The van der Waals surface area contributed by atoms with Crippen LogP contribution in [0.25, 0.3) is 0 Å². The third-order valence-corrected chi connectivity index (χ3v) is 3.54. The summed E-state index contributed by atoms with van der Waals surface area (Å²) < 4.78 is 6.25. The molecule has 0 spiro atoms. The molecule has 0 fully saturated rings. The number of rotatable bonds is 5. The monoisotopic (exact) mass is 368 g/mol. The van der Waals surface area contributed by atoms with Gasteiger partial charge in [0, 0.05) is 11.0 Å². The van der Waals surface area contributed by atoms with Crippen LogP contribution in [0.4, 0.5) is 5.69 Å². The molecule has 3 N–H and O–H groups in total. The molecule has 0 aliphatic heterocycles. The van der Waals surface area contributed by atoms with E-state index in [1.54, 1.807) is 30.3 Å². The maximum Gasteiger partial charge on any atom is 0.262 e. The van der Waals surface area contributed by atoms with E-state index in [2.05, 4.69) is 21.2 Å². The SMILES string of the molecule is NCc1ccc(OCC(=O)Nc2ccc(Br)cc2Cl)cc1. The van der Waals surface area contributed by atoms with Crippen LogP contribution >= 0.6 is 27.5 Å². The van der Waals surface area contributed by atoms with E-state index in [0.717, 1.165) is 10.0 Å². The zero-order chi connectivity index (χ0) is 15.2. The van der Waals surface area contributed by atoms with Gasteiger partial charge < -0.3 is 15.8 Å². The average Bonchev–Trinajstić information content (AvgIpc) is 2.48. The predicted octanol–water partition coefficient (Wildman–Crippen LogP) is 3.58. The first-order valence-corrected chi connectivity index (χ1v) is 7.42. The normalized spacial score (nSPS) is 10.2. The standard InChI is InChI=1S/C15H14BrClN2O2/c16-11-3-6-14(13(17)7-11)19-15(20)9-21-12-4-1-10(8-18)2-5-12/h1-7H,8-9,18H2,(H,19,20). The van der Waals surface area contributed by atoms with E-state index in [-0.39, 0.29) is 12.5 Å². The Morgan fingerprint density at radius 3 is 2.57 bits per heavy atom. The highest BCUT2D eigenvalue weighted by Crippen LogP contribution is 2.25. The summed E-state index contributed by atoms with van der Waals surface area (Å²) in [7, 11) is 0. The third-order valence-electron chi connectivity index (χ3n) is 2.73. The van der Waals surface area contributed by atoms with E-state index in [1.165, 1.54) is 0 Å². The summed E-state index contributed by atoms with van der Waals surface area (Å²) in [6.07, 6.45) is 0. The molecule has 2 aromatic carbocycles.